The number of nitrogens with zero attached hydrogens (tertiary/aromatic N) is 1. The molecule has 0 fully saturated rings. The van der Waals surface area contributed by atoms with Gasteiger partial charge in [0, 0.05) is 17.1 Å². The Kier molecular flexibility index (Phi) is 2.21. The standard InChI is InChI=1S/C9H6ClFN2O/c10-2-8(14)7-4-13-9-6(7)1-5(11)3-12-9/h1,3-4H,2H2,(H,12,13). The molecule has 0 aliphatic carbocycles. The summed E-state index contributed by atoms with van der Waals surface area (Å²) < 4.78 is 12.8. The Bertz CT molecular complexity index is 495. The summed E-state index contributed by atoms with van der Waals surface area (Å²) in [5.74, 6) is -0.838. The van der Waals surface area contributed by atoms with E-state index in [1.54, 1.807) is 0 Å². The number of Topliss-reactive ketones (excluding diaryl/α,β-unsaturated/α-hetero) is 1. The van der Waals surface area contributed by atoms with Crippen LogP contribution in [0.25, 0.3) is 11.0 Å². The number of rotatable bonds is 2. The second-order valence-electron chi connectivity index (χ2n) is 2.81. The van der Waals surface area contributed by atoms with Crippen molar-refractivity contribution < 1.29 is 9.18 Å². The summed E-state index contributed by atoms with van der Waals surface area (Å²) in [5.41, 5.74) is 0.863. The number of hydrogen-bond donors (Lipinski definition) is 1. The van der Waals surface area contributed by atoms with Gasteiger partial charge in [0.2, 0.25) is 0 Å². The Hall–Kier alpha value is -1.42. The van der Waals surface area contributed by atoms with E-state index in [0.717, 1.165) is 6.20 Å². The van der Waals surface area contributed by atoms with E-state index in [2.05, 4.69) is 9.97 Å². The van der Waals surface area contributed by atoms with Gasteiger partial charge in [-0.2, -0.15) is 0 Å². The third-order valence-electron chi connectivity index (χ3n) is 1.92. The fourth-order valence-corrected chi connectivity index (χ4v) is 1.42. The van der Waals surface area contributed by atoms with Crippen molar-refractivity contribution in [3.8, 4) is 0 Å². The number of H-pyrrole nitrogens is 1. The number of hydrogen-bond acceptors (Lipinski definition) is 2. The molecule has 72 valence electrons. The Morgan fingerprint density at radius 2 is 2.43 bits per heavy atom. The molecule has 2 aromatic rings. The van der Waals surface area contributed by atoms with Crippen molar-refractivity contribution in [1.29, 1.82) is 0 Å². The van der Waals surface area contributed by atoms with Crippen molar-refractivity contribution in [3.63, 3.8) is 0 Å². The van der Waals surface area contributed by atoms with Crippen molar-refractivity contribution in [2.75, 3.05) is 5.88 Å². The number of carbonyl (C=O) groups is 1. The lowest BCUT2D eigenvalue weighted by Gasteiger charge is -1.93. The number of ketones is 1. The van der Waals surface area contributed by atoms with Gasteiger partial charge in [0.1, 0.15) is 11.5 Å². The number of alkyl halides is 1. The Balaban J connectivity index is 2.67. The van der Waals surface area contributed by atoms with Gasteiger partial charge in [-0.25, -0.2) is 9.37 Å². The first kappa shape index (κ1) is 9.15. The Morgan fingerprint density at radius 1 is 1.64 bits per heavy atom. The molecule has 14 heavy (non-hydrogen) atoms. The maximum absolute atomic E-state index is 12.8. The SMILES string of the molecule is O=C(CCl)c1c[nH]c2ncc(F)cc12. The molecule has 0 aliphatic rings. The molecule has 0 radical (unpaired) electrons. The minimum atomic E-state index is -0.472. The topological polar surface area (TPSA) is 45.8 Å². The second kappa shape index (κ2) is 3.38. The first-order valence-corrected chi connectivity index (χ1v) is 4.47. The Labute approximate surface area is 83.9 Å². The van der Waals surface area contributed by atoms with Gasteiger partial charge in [-0.1, -0.05) is 0 Å². The molecule has 0 bridgehead atoms. The average Bonchev–Trinajstić information content (AvgIpc) is 2.59. The van der Waals surface area contributed by atoms with Crippen molar-refractivity contribution in [1.82, 2.24) is 9.97 Å². The fourth-order valence-electron chi connectivity index (χ4n) is 1.28. The molecule has 0 unspecified atom stereocenters. The highest BCUT2D eigenvalue weighted by molar-refractivity contribution is 6.31. The summed E-state index contributed by atoms with van der Waals surface area (Å²) in [4.78, 5) is 17.9. The highest BCUT2D eigenvalue weighted by Gasteiger charge is 2.11. The number of fused-ring (bicyclic) bond motifs is 1. The molecule has 0 aromatic carbocycles. The number of pyridine rings is 1. The number of aromatic amines is 1. The summed E-state index contributed by atoms with van der Waals surface area (Å²) in [6, 6.07) is 1.26. The van der Waals surface area contributed by atoms with E-state index in [1.165, 1.54) is 12.3 Å². The van der Waals surface area contributed by atoms with Crippen molar-refractivity contribution in [2.24, 2.45) is 0 Å². The Morgan fingerprint density at radius 3 is 3.14 bits per heavy atom. The number of halogens is 2. The normalized spacial score (nSPS) is 10.7. The predicted octanol–water partition coefficient (Wildman–Crippen LogP) is 2.12. The van der Waals surface area contributed by atoms with E-state index >= 15 is 0 Å². The molecule has 0 spiro atoms. The van der Waals surface area contributed by atoms with Crippen LogP contribution in [-0.2, 0) is 0 Å². The van der Waals surface area contributed by atoms with E-state index < -0.39 is 5.82 Å². The first-order valence-electron chi connectivity index (χ1n) is 3.94. The molecule has 2 aromatic heterocycles. The van der Waals surface area contributed by atoms with E-state index in [4.69, 9.17) is 11.6 Å². The summed E-state index contributed by atoms with van der Waals surface area (Å²) in [6.07, 6.45) is 2.58. The van der Waals surface area contributed by atoms with Gasteiger partial charge in [0.25, 0.3) is 0 Å². The van der Waals surface area contributed by atoms with Gasteiger partial charge in [0.15, 0.2) is 5.78 Å². The van der Waals surface area contributed by atoms with E-state index in [9.17, 15) is 9.18 Å². The number of nitrogens with one attached hydrogen (secondary N) is 1. The van der Waals surface area contributed by atoms with Gasteiger partial charge in [0.05, 0.1) is 12.1 Å². The number of aromatic nitrogens is 2. The van der Waals surface area contributed by atoms with Crippen LogP contribution in [0.3, 0.4) is 0 Å². The van der Waals surface area contributed by atoms with Crippen LogP contribution in [0.2, 0.25) is 0 Å². The molecular formula is C9H6ClFN2O. The van der Waals surface area contributed by atoms with Gasteiger partial charge >= 0.3 is 0 Å². The third-order valence-corrected chi connectivity index (χ3v) is 2.16. The van der Waals surface area contributed by atoms with Crippen LogP contribution in [0.15, 0.2) is 18.5 Å². The molecule has 0 atom stereocenters. The van der Waals surface area contributed by atoms with E-state index in [0.29, 0.717) is 16.6 Å². The van der Waals surface area contributed by atoms with E-state index in [1.807, 2.05) is 0 Å². The van der Waals surface area contributed by atoms with Gasteiger partial charge in [-0.05, 0) is 6.07 Å². The fraction of sp³-hybridized carbons (Fsp3) is 0.111. The molecule has 2 rings (SSSR count). The summed E-state index contributed by atoms with van der Waals surface area (Å²) in [5, 5.41) is 0.468. The monoisotopic (exact) mass is 212 g/mol. The smallest absolute Gasteiger partial charge is 0.179 e. The van der Waals surface area contributed by atoms with Gasteiger partial charge in [-0.3, -0.25) is 4.79 Å². The summed E-state index contributed by atoms with van der Waals surface area (Å²) >= 11 is 5.41. The maximum Gasteiger partial charge on any atom is 0.179 e. The lowest BCUT2D eigenvalue weighted by Crippen LogP contribution is -1.98. The van der Waals surface area contributed by atoms with Crippen LogP contribution < -0.4 is 0 Å². The van der Waals surface area contributed by atoms with E-state index in [-0.39, 0.29) is 11.7 Å². The molecule has 0 saturated heterocycles. The first-order chi connectivity index (χ1) is 6.72. The zero-order chi connectivity index (χ0) is 10.1. The molecule has 5 heteroatoms. The predicted molar refractivity (Wildman–Crippen MR) is 51.1 cm³/mol. The quantitative estimate of drug-likeness (QED) is 0.612. The number of carbonyl (C=O) groups excluding carboxylic acids is 1. The largest absolute Gasteiger partial charge is 0.345 e. The molecule has 2 heterocycles. The summed E-state index contributed by atoms with van der Waals surface area (Å²) in [6.45, 7) is 0. The van der Waals surface area contributed by atoms with Crippen LogP contribution in [-0.4, -0.2) is 21.6 Å². The minimum Gasteiger partial charge on any atom is -0.345 e. The van der Waals surface area contributed by atoms with Gasteiger partial charge < -0.3 is 4.98 Å². The van der Waals surface area contributed by atoms with Crippen LogP contribution in [0.5, 0.6) is 0 Å². The lowest BCUT2D eigenvalue weighted by molar-refractivity contribution is 0.102. The third kappa shape index (κ3) is 1.37. The molecule has 1 N–H and O–H groups in total. The molecule has 0 saturated carbocycles. The zero-order valence-electron chi connectivity index (χ0n) is 7.05. The summed E-state index contributed by atoms with van der Waals surface area (Å²) in [7, 11) is 0. The lowest BCUT2D eigenvalue weighted by atomic mass is 10.1. The molecule has 0 aliphatic heterocycles. The van der Waals surface area contributed by atoms with Gasteiger partial charge in [-0.15, -0.1) is 11.6 Å². The molecular weight excluding hydrogens is 207 g/mol. The molecule has 0 amide bonds. The van der Waals surface area contributed by atoms with Crippen LogP contribution in [0.4, 0.5) is 4.39 Å². The van der Waals surface area contributed by atoms with Crippen molar-refractivity contribution in [3.05, 3.63) is 29.8 Å². The van der Waals surface area contributed by atoms with Crippen LogP contribution in [0.1, 0.15) is 10.4 Å². The second-order valence-corrected chi connectivity index (χ2v) is 3.08. The zero-order valence-corrected chi connectivity index (χ0v) is 7.81. The molecule has 3 nitrogen and oxygen atoms in total. The van der Waals surface area contributed by atoms with Crippen LogP contribution >= 0.6 is 11.6 Å². The minimum absolute atomic E-state index is 0.122. The average molecular weight is 213 g/mol. The van der Waals surface area contributed by atoms with Crippen LogP contribution in [0, 0.1) is 5.82 Å². The highest BCUT2D eigenvalue weighted by Crippen LogP contribution is 2.17. The highest BCUT2D eigenvalue weighted by atomic mass is 35.5. The maximum atomic E-state index is 12.8. The van der Waals surface area contributed by atoms with Crippen molar-refractivity contribution >= 4 is 28.4 Å². The van der Waals surface area contributed by atoms with Crippen molar-refractivity contribution in [2.45, 2.75) is 0 Å².